The van der Waals surface area contributed by atoms with E-state index in [1.54, 1.807) is 12.4 Å². The maximum absolute atomic E-state index is 5.62. The number of nitrogen functional groups attached to an aromatic ring is 1. The van der Waals surface area contributed by atoms with Gasteiger partial charge in [0.25, 0.3) is 0 Å². The molecule has 0 saturated carbocycles. The molecule has 1 aromatic heterocycles. The average molecular weight is 258 g/mol. The van der Waals surface area contributed by atoms with Gasteiger partial charge in [-0.2, -0.15) is 0 Å². The summed E-state index contributed by atoms with van der Waals surface area (Å²) >= 11 is 0. The average Bonchev–Trinajstić information content (AvgIpc) is 2.66. The van der Waals surface area contributed by atoms with Crippen LogP contribution in [0.3, 0.4) is 0 Å². The molecule has 98 valence electrons. The van der Waals surface area contributed by atoms with Crippen molar-refractivity contribution >= 4 is 17.3 Å². The van der Waals surface area contributed by atoms with Gasteiger partial charge in [-0.25, -0.2) is 9.97 Å². The highest BCUT2D eigenvalue weighted by Gasteiger charge is 2.10. The number of nitrogens with one attached hydrogen (secondary N) is 1. The molecule has 0 bridgehead atoms. The highest BCUT2D eigenvalue weighted by molar-refractivity contribution is 5.60. The van der Waals surface area contributed by atoms with Crippen molar-refractivity contribution in [2.75, 3.05) is 24.3 Å². The Hall–Kier alpha value is -2.50. The highest BCUT2D eigenvalue weighted by atomic mass is 16.5. The second kappa shape index (κ2) is 5.01. The van der Waals surface area contributed by atoms with Crippen LogP contribution in [-0.4, -0.2) is 23.2 Å². The lowest BCUT2D eigenvalue weighted by Gasteiger charge is -2.10. The van der Waals surface area contributed by atoms with Gasteiger partial charge in [0.1, 0.15) is 0 Å². The van der Waals surface area contributed by atoms with Crippen molar-refractivity contribution in [2.24, 2.45) is 0 Å². The van der Waals surface area contributed by atoms with Crippen LogP contribution in [-0.2, 0) is 0 Å². The summed E-state index contributed by atoms with van der Waals surface area (Å²) in [5.74, 6) is 1.99. The predicted octanol–water partition coefficient (Wildman–Crippen LogP) is 1.96. The van der Waals surface area contributed by atoms with Gasteiger partial charge in [-0.1, -0.05) is 0 Å². The Morgan fingerprint density at radius 2 is 1.79 bits per heavy atom. The zero-order valence-corrected chi connectivity index (χ0v) is 10.3. The minimum Gasteiger partial charge on any atom is -0.490 e. The Bertz CT molecular complexity index is 571. The smallest absolute Gasteiger partial charge is 0.227 e. The molecule has 0 saturated heterocycles. The second-order valence-corrected chi connectivity index (χ2v) is 4.18. The lowest BCUT2D eigenvalue weighted by atomic mass is 10.3. The molecule has 6 nitrogen and oxygen atoms in total. The van der Waals surface area contributed by atoms with Gasteiger partial charge in [0.2, 0.25) is 5.95 Å². The third kappa shape index (κ3) is 2.67. The minimum absolute atomic E-state index is 0.490. The molecule has 1 aliphatic rings. The van der Waals surface area contributed by atoms with Crippen LogP contribution in [0.15, 0.2) is 30.6 Å². The molecule has 1 aromatic carbocycles. The molecule has 3 N–H and O–H groups in total. The molecule has 0 amide bonds. The first-order valence-corrected chi connectivity index (χ1v) is 6.05. The maximum atomic E-state index is 5.62. The van der Waals surface area contributed by atoms with Crippen LogP contribution in [0.1, 0.15) is 6.42 Å². The Morgan fingerprint density at radius 3 is 2.58 bits per heavy atom. The molecule has 2 heterocycles. The quantitative estimate of drug-likeness (QED) is 0.857. The van der Waals surface area contributed by atoms with Gasteiger partial charge < -0.3 is 20.5 Å². The van der Waals surface area contributed by atoms with Gasteiger partial charge in [-0.15, -0.1) is 0 Å². The summed E-state index contributed by atoms with van der Waals surface area (Å²) in [6.45, 7) is 1.34. The predicted molar refractivity (Wildman–Crippen MR) is 71.8 cm³/mol. The SMILES string of the molecule is Nc1cnc(Nc2ccc3c(c2)OCCCO3)nc1. The third-order valence-corrected chi connectivity index (χ3v) is 2.68. The van der Waals surface area contributed by atoms with Crippen LogP contribution in [0, 0.1) is 0 Å². The Balaban J connectivity index is 1.81. The first-order valence-electron chi connectivity index (χ1n) is 6.05. The van der Waals surface area contributed by atoms with E-state index in [2.05, 4.69) is 15.3 Å². The Kier molecular flexibility index (Phi) is 3.06. The van der Waals surface area contributed by atoms with Crippen molar-refractivity contribution in [1.29, 1.82) is 0 Å². The summed E-state index contributed by atoms with van der Waals surface area (Å²) in [6.07, 6.45) is 4.00. The highest BCUT2D eigenvalue weighted by Crippen LogP contribution is 2.32. The standard InChI is InChI=1S/C13H14N4O2/c14-9-7-15-13(16-8-9)17-10-2-3-11-12(6-10)19-5-1-4-18-11/h2-3,6-8H,1,4-5,14H2,(H,15,16,17). The van der Waals surface area contributed by atoms with Gasteiger partial charge in [-0.3, -0.25) is 0 Å². The van der Waals surface area contributed by atoms with Crippen molar-refractivity contribution in [3.63, 3.8) is 0 Å². The van der Waals surface area contributed by atoms with Crippen molar-refractivity contribution < 1.29 is 9.47 Å². The summed E-state index contributed by atoms with van der Waals surface area (Å²) in [7, 11) is 0. The molecule has 19 heavy (non-hydrogen) atoms. The van der Waals surface area contributed by atoms with Crippen LogP contribution in [0.5, 0.6) is 11.5 Å². The lowest BCUT2D eigenvalue weighted by molar-refractivity contribution is 0.297. The zero-order chi connectivity index (χ0) is 13.1. The van der Waals surface area contributed by atoms with Crippen LogP contribution in [0.2, 0.25) is 0 Å². The van der Waals surface area contributed by atoms with E-state index in [-0.39, 0.29) is 0 Å². The monoisotopic (exact) mass is 258 g/mol. The van der Waals surface area contributed by atoms with Crippen molar-refractivity contribution in [2.45, 2.75) is 6.42 Å². The number of hydrogen-bond donors (Lipinski definition) is 2. The van der Waals surface area contributed by atoms with Crippen molar-refractivity contribution in [3.05, 3.63) is 30.6 Å². The zero-order valence-electron chi connectivity index (χ0n) is 10.3. The van der Waals surface area contributed by atoms with Crippen molar-refractivity contribution in [3.8, 4) is 11.5 Å². The molecule has 0 spiro atoms. The molecule has 0 fully saturated rings. The molecule has 0 radical (unpaired) electrons. The number of nitrogens with two attached hydrogens (primary N) is 1. The molecule has 1 aliphatic heterocycles. The second-order valence-electron chi connectivity index (χ2n) is 4.18. The molecule has 0 aliphatic carbocycles. The fourth-order valence-electron chi connectivity index (χ4n) is 1.77. The first kappa shape index (κ1) is 11.6. The van der Waals surface area contributed by atoms with Gasteiger partial charge >= 0.3 is 0 Å². The summed E-state index contributed by atoms with van der Waals surface area (Å²) in [4.78, 5) is 8.17. The van der Waals surface area contributed by atoms with E-state index < -0.39 is 0 Å². The fourth-order valence-corrected chi connectivity index (χ4v) is 1.77. The van der Waals surface area contributed by atoms with Crippen LogP contribution in [0.4, 0.5) is 17.3 Å². The molecule has 0 atom stereocenters. The summed E-state index contributed by atoms with van der Waals surface area (Å²) in [6, 6.07) is 5.65. The number of rotatable bonds is 2. The van der Waals surface area contributed by atoms with Gasteiger partial charge in [0.05, 0.1) is 31.3 Å². The van der Waals surface area contributed by atoms with E-state index in [4.69, 9.17) is 15.2 Å². The number of hydrogen-bond acceptors (Lipinski definition) is 6. The van der Waals surface area contributed by atoms with E-state index in [0.29, 0.717) is 24.8 Å². The molecular formula is C13H14N4O2. The molecule has 0 unspecified atom stereocenters. The molecular weight excluding hydrogens is 244 g/mol. The first-order chi connectivity index (χ1) is 9.31. The molecule has 2 aromatic rings. The normalized spacial score (nSPS) is 13.7. The minimum atomic E-state index is 0.490. The third-order valence-electron chi connectivity index (χ3n) is 2.68. The maximum Gasteiger partial charge on any atom is 0.227 e. The Morgan fingerprint density at radius 1 is 1.05 bits per heavy atom. The van der Waals surface area contributed by atoms with Crippen LogP contribution >= 0.6 is 0 Å². The van der Waals surface area contributed by atoms with E-state index in [1.165, 1.54) is 0 Å². The molecule has 3 rings (SSSR count). The summed E-state index contributed by atoms with van der Waals surface area (Å²) in [5, 5.41) is 3.09. The number of anilines is 3. The molecule has 6 heteroatoms. The van der Waals surface area contributed by atoms with Crippen LogP contribution in [0.25, 0.3) is 0 Å². The summed E-state index contributed by atoms with van der Waals surface area (Å²) in [5.41, 5.74) is 6.91. The van der Waals surface area contributed by atoms with Gasteiger partial charge in [-0.05, 0) is 12.1 Å². The van der Waals surface area contributed by atoms with Crippen LogP contribution < -0.4 is 20.5 Å². The number of benzene rings is 1. The number of fused-ring (bicyclic) bond motifs is 1. The van der Waals surface area contributed by atoms with Gasteiger partial charge in [0.15, 0.2) is 11.5 Å². The fraction of sp³-hybridized carbons (Fsp3) is 0.231. The van der Waals surface area contributed by atoms with E-state index in [0.717, 1.165) is 23.6 Å². The topological polar surface area (TPSA) is 82.3 Å². The lowest BCUT2D eigenvalue weighted by Crippen LogP contribution is -1.99. The van der Waals surface area contributed by atoms with Crippen molar-refractivity contribution in [1.82, 2.24) is 9.97 Å². The number of ether oxygens (including phenoxy) is 2. The Labute approximate surface area is 110 Å². The van der Waals surface area contributed by atoms with E-state index >= 15 is 0 Å². The number of nitrogens with zero attached hydrogens (tertiary/aromatic N) is 2. The van der Waals surface area contributed by atoms with E-state index in [9.17, 15) is 0 Å². The van der Waals surface area contributed by atoms with Gasteiger partial charge in [0, 0.05) is 18.2 Å². The van der Waals surface area contributed by atoms with E-state index in [1.807, 2.05) is 18.2 Å². The number of aromatic nitrogens is 2. The summed E-state index contributed by atoms with van der Waals surface area (Å²) < 4.78 is 11.2. The largest absolute Gasteiger partial charge is 0.490 e.